The van der Waals surface area contributed by atoms with Gasteiger partial charge >= 0.3 is 29.8 Å². The van der Waals surface area contributed by atoms with Crippen molar-refractivity contribution in [1.82, 2.24) is 4.90 Å². The molecule has 0 saturated carbocycles. The van der Waals surface area contributed by atoms with Crippen LogP contribution in [-0.4, -0.2) is 110 Å². The summed E-state index contributed by atoms with van der Waals surface area (Å²) in [5.74, 6) is -7.08. The summed E-state index contributed by atoms with van der Waals surface area (Å²) in [7, 11) is 1.89. The molecule has 3 aliphatic rings. The number of carboxylic acid groups (broad SMARTS) is 2. The van der Waals surface area contributed by atoms with Gasteiger partial charge in [-0.3, -0.25) is 9.59 Å². The average Bonchev–Trinajstić information content (AvgIpc) is 3.31. The zero-order valence-electron chi connectivity index (χ0n) is 24.5. The number of aromatic hydroxyl groups is 1. The number of aryl methyl sites for hydroxylation is 1. The van der Waals surface area contributed by atoms with Crippen LogP contribution in [0.3, 0.4) is 0 Å². The molecule has 0 aromatic heterocycles. The number of benzene rings is 1. The Kier molecular flexibility index (Phi) is 8.96. The van der Waals surface area contributed by atoms with E-state index in [2.05, 4.69) is 4.74 Å². The molecule has 0 bridgehead atoms. The second kappa shape index (κ2) is 12.1. The van der Waals surface area contributed by atoms with Gasteiger partial charge in [0.05, 0.1) is 23.9 Å². The van der Waals surface area contributed by atoms with Crippen LogP contribution in [0.4, 0.5) is 0 Å². The number of likely N-dealkylation sites (N-methyl/N-ethyl adjacent to an activating group) is 1. The third-order valence-electron chi connectivity index (χ3n) is 8.71. The quantitative estimate of drug-likeness (QED) is 0.173. The number of aliphatic carboxylic acids is 2. The Labute approximate surface area is 251 Å². The van der Waals surface area contributed by atoms with E-state index in [0.29, 0.717) is 18.5 Å². The lowest BCUT2D eigenvalue weighted by Gasteiger charge is -2.58. The molecular weight excluding hydrogens is 586 g/mol. The van der Waals surface area contributed by atoms with Gasteiger partial charge in [0, 0.05) is 18.0 Å². The molecule has 5 N–H and O–H groups in total. The number of fused-ring (bicyclic) bond motifs is 1. The third kappa shape index (κ3) is 5.57. The van der Waals surface area contributed by atoms with Crippen molar-refractivity contribution in [2.45, 2.75) is 87.9 Å². The minimum atomic E-state index is -2.10. The number of esters is 3. The highest BCUT2D eigenvalue weighted by Crippen LogP contribution is 2.62. The van der Waals surface area contributed by atoms with Gasteiger partial charge in [0.15, 0.2) is 29.8 Å². The van der Waals surface area contributed by atoms with E-state index in [9.17, 15) is 39.3 Å². The maximum Gasteiger partial charge on any atom is 0.348 e. The van der Waals surface area contributed by atoms with E-state index in [1.54, 1.807) is 6.07 Å². The van der Waals surface area contributed by atoms with Crippen molar-refractivity contribution >= 4 is 29.8 Å². The van der Waals surface area contributed by atoms with E-state index >= 15 is 0 Å². The molecule has 7 atom stereocenters. The van der Waals surface area contributed by atoms with Crippen LogP contribution in [0.15, 0.2) is 24.0 Å². The summed E-state index contributed by atoms with van der Waals surface area (Å²) in [4.78, 5) is 61.3. The van der Waals surface area contributed by atoms with Gasteiger partial charge in [-0.1, -0.05) is 6.07 Å². The van der Waals surface area contributed by atoms with Crippen LogP contribution in [0.25, 0.3) is 0 Å². The number of nitrogens with zero attached hydrogens (tertiary/aromatic N) is 1. The Balaban J connectivity index is 1.47. The van der Waals surface area contributed by atoms with Gasteiger partial charge in [0.25, 0.3) is 0 Å². The van der Waals surface area contributed by atoms with Gasteiger partial charge in [-0.05, 0) is 58.5 Å². The van der Waals surface area contributed by atoms with E-state index in [0.717, 1.165) is 12.5 Å². The van der Waals surface area contributed by atoms with Crippen molar-refractivity contribution in [2.75, 3.05) is 13.6 Å². The summed E-state index contributed by atoms with van der Waals surface area (Å²) < 4.78 is 21.1. The second-order valence-electron chi connectivity index (χ2n) is 11.4. The highest BCUT2D eigenvalue weighted by molar-refractivity contribution is 5.87. The monoisotopic (exact) mass is 621 g/mol. The molecule has 4 rings (SSSR count). The number of piperidine rings is 1. The first kappa shape index (κ1) is 32.7. The van der Waals surface area contributed by atoms with Crippen LogP contribution < -0.4 is 4.74 Å². The fourth-order valence-electron chi connectivity index (χ4n) is 6.29. The second-order valence-corrected chi connectivity index (χ2v) is 11.4. The number of hydrogen-bond acceptors (Lipinski definition) is 13. The Hall–Kier alpha value is -4.21. The van der Waals surface area contributed by atoms with E-state index in [1.807, 2.05) is 25.8 Å². The van der Waals surface area contributed by atoms with E-state index in [4.69, 9.17) is 24.4 Å². The van der Waals surface area contributed by atoms with Gasteiger partial charge in [-0.15, -0.1) is 0 Å². The molecule has 15 nitrogen and oxygen atoms in total. The molecule has 0 amide bonds. The first-order valence-electron chi connectivity index (χ1n) is 13.9. The molecule has 1 fully saturated rings. The predicted octanol–water partition coefficient (Wildman–Crippen LogP) is 0.139. The number of phenols is 1. The molecule has 1 aliphatic carbocycles. The summed E-state index contributed by atoms with van der Waals surface area (Å²) in [6, 6.07) is 2.85. The van der Waals surface area contributed by atoms with Gasteiger partial charge in [-0.2, -0.15) is 0 Å². The summed E-state index contributed by atoms with van der Waals surface area (Å²) in [5.41, 5.74) is -1.08. The maximum absolute atomic E-state index is 12.9. The molecule has 1 aromatic carbocycles. The number of carboxylic acids is 2. The average molecular weight is 622 g/mol. The Morgan fingerprint density at radius 1 is 1.11 bits per heavy atom. The van der Waals surface area contributed by atoms with Crippen molar-refractivity contribution in [1.29, 1.82) is 0 Å². The van der Waals surface area contributed by atoms with Crippen LogP contribution >= 0.6 is 0 Å². The van der Waals surface area contributed by atoms with Crippen molar-refractivity contribution in [3.63, 3.8) is 0 Å². The predicted molar refractivity (Wildman–Crippen MR) is 145 cm³/mol. The standard InChI is InChI=1S/C29H35NO14/c1-13-5-6-16(31)23-22(13)28-9-10-30(4)15(3)29(28,40)8-7-18(24(28)44-23)42-21(35)11-17(32)27(39)41-14(2)26(38)43-19(25(36)37)12-20(33)34/h5-7,14-15,17,19,24,31-32,40H,8-12H2,1-4H3,(H,33,34)(H,36,37)/t14-,15+,17-,19+,24-,28-,29+/m0/s1. The van der Waals surface area contributed by atoms with Crippen LogP contribution in [0.2, 0.25) is 0 Å². The van der Waals surface area contributed by atoms with Gasteiger partial charge in [-0.25, -0.2) is 14.4 Å². The number of carbonyl (C=O) groups excluding carboxylic acids is 3. The van der Waals surface area contributed by atoms with Crippen molar-refractivity contribution < 1.29 is 68.5 Å². The number of aliphatic hydroxyl groups excluding tert-OH is 1. The van der Waals surface area contributed by atoms with Crippen LogP contribution in [0.5, 0.6) is 11.5 Å². The Morgan fingerprint density at radius 3 is 2.43 bits per heavy atom. The van der Waals surface area contributed by atoms with Crippen molar-refractivity contribution in [3.05, 3.63) is 35.1 Å². The molecule has 2 aliphatic heterocycles. The van der Waals surface area contributed by atoms with Crippen molar-refractivity contribution in [2.24, 2.45) is 0 Å². The number of carbonyl (C=O) groups is 5. The summed E-state index contributed by atoms with van der Waals surface area (Å²) >= 11 is 0. The smallest absolute Gasteiger partial charge is 0.348 e. The molecule has 44 heavy (non-hydrogen) atoms. The molecule has 15 heteroatoms. The minimum absolute atomic E-state index is 0.0297. The Bertz CT molecular complexity index is 1410. The molecule has 0 radical (unpaired) electrons. The number of phenolic OH excluding ortho intramolecular Hbond substituents is 1. The lowest BCUT2D eigenvalue weighted by Crippen LogP contribution is -2.71. The van der Waals surface area contributed by atoms with E-state index in [-0.39, 0.29) is 29.7 Å². The normalized spacial score (nSPS) is 27.6. The first-order chi connectivity index (χ1) is 20.5. The molecule has 1 saturated heterocycles. The topological polar surface area (TPSA) is 227 Å². The number of ether oxygens (including phenoxy) is 4. The fraction of sp³-hybridized carbons (Fsp3) is 0.552. The SMILES string of the molecule is Cc1ccc(O)c2c1[C@]13CCN(C)[C@H](C)[C@]1(O)CC=C(OC(=O)C[C@H](O)C(=O)O[C@@H](C)C(=O)O[C@H](CC(=O)O)C(=O)O)[C@@H]3O2. The van der Waals surface area contributed by atoms with Crippen LogP contribution in [0.1, 0.15) is 50.7 Å². The number of rotatable bonds is 10. The summed E-state index contributed by atoms with van der Waals surface area (Å²) in [6.45, 7) is 5.28. The fourth-order valence-corrected chi connectivity index (χ4v) is 6.29. The van der Waals surface area contributed by atoms with Crippen molar-refractivity contribution in [3.8, 4) is 11.5 Å². The largest absolute Gasteiger partial charge is 0.504 e. The molecular formula is C29H35NO14. The highest BCUT2D eigenvalue weighted by Gasteiger charge is 2.69. The molecule has 0 unspecified atom stereocenters. The highest BCUT2D eigenvalue weighted by atomic mass is 16.6. The third-order valence-corrected chi connectivity index (χ3v) is 8.71. The molecule has 1 aromatic rings. The summed E-state index contributed by atoms with van der Waals surface area (Å²) in [5, 5.41) is 50.9. The van der Waals surface area contributed by atoms with Crippen LogP contribution in [0, 0.1) is 6.92 Å². The number of likely N-dealkylation sites (tertiary alicyclic amines) is 1. The lowest BCUT2D eigenvalue weighted by molar-refractivity contribution is -0.181. The van der Waals surface area contributed by atoms with Crippen LogP contribution in [-0.2, 0) is 43.6 Å². The molecule has 1 spiro atoms. The zero-order valence-corrected chi connectivity index (χ0v) is 24.5. The van der Waals surface area contributed by atoms with Gasteiger partial charge in [0.2, 0.25) is 6.10 Å². The van der Waals surface area contributed by atoms with E-state index in [1.165, 1.54) is 12.1 Å². The molecule has 240 valence electrons. The summed E-state index contributed by atoms with van der Waals surface area (Å²) in [6.07, 6.45) is -6.85. The lowest BCUT2D eigenvalue weighted by atomic mass is 9.54. The zero-order chi connectivity index (χ0) is 32.7. The molecule has 2 heterocycles. The Morgan fingerprint density at radius 2 is 1.80 bits per heavy atom. The number of aliphatic hydroxyl groups is 2. The number of hydrogen-bond donors (Lipinski definition) is 5. The van der Waals surface area contributed by atoms with Gasteiger partial charge < -0.3 is 49.4 Å². The van der Waals surface area contributed by atoms with E-state index < -0.39 is 78.1 Å². The van der Waals surface area contributed by atoms with Gasteiger partial charge in [0.1, 0.15) is 5.76 Å². The maximum atomic E-state index is 12.9. The minimum Gasteiger partial charge on any atom is -0.504 e. The first-order valence-corrected chi connectivity index (χ1v) is 13.9.